The molecular formula is C24H21F3N4O2. The van der Waals surface area contributed by atoms with Crippen molar-refractivity contribution >= 4 is 22.6 Å². The molecule has 1 amide bonds. The first kappa shape index (κ1) is 22.3. The Morgan fingerprint density at radius 2 is 1.94 bits per heavy atom. The maximum atomic E-state index is 12.9. The molecule has 0 aliphatic heterocycles. The molecule has 6 nitrogen and oxygen atoms in total. The van der Waals surface area contributed by atoms with E-state index in [1.807, 2.05) is 0 Å². The number of nitrogens with zero attached hydrogens (tertiary/aromatic N) is 3. The van der Waals surface area contributed by atoms with Gasteiger partial charge in [0.15, 0.2) is 0 Å². The predicted octanol–water partition coefficient (Wildman–Crippen LogP) is 6.52. The van der Waals surface area contributed by atoms with E-state index in [0.29, 0.717) is 28.9 Å². The van der Waals surface area contributed by atoms with E-state index in [1.54, 1.807) is 42.7 Å². The van der Waals surface area contributed by atoms with Crippen LogP contribution in [0.5, 0.6) is 11.6 Å². The first-order valence-electron chi connectivity index (χ1n) is 10.3. The Hall–Kier alpha value is -3.88. The van der Waals surface area contributed by atoms with Crippen molar-refractivity contribution in [3.05, 3.63) is 78.4 Å². The number of amides is 1. The summed E-state index contributed by atoms with van der Waals surface area (Å²) < 4.78 is 45.9. The van der Waals surface area contributed by atoms with Gasteiger partial charge in [-0.25, -0.2) is 9.78 Å². The number of halogens is 3. The molecule has 0 unspecified atom stereocenters. The van der Waals surface area contributed by atoms with Crippen LogP contribution in [0.1, 0.15) is 25.2 Å². The number of fused-ring (bicyclic) bond motifs is 1. The molecule has 0 bridgehead atoms. The zero-order valence-corrected chi connectivity index (χ0v) is 17.9. The Morgan fingerprint density at radius 1 is 1.12 bits per heavy atom. The molecule has 2 aromatic heterocycles. The second-order valence-electron chi connectivity index (χ2n) is 7.93. The minimum Gasteiger partial charge on any atom is -0.439 e. The van der Waals surface area contributed by atoms with E-state index in [2.05, 4.69) is 29.1 Å². The lowest BCUT2D eigenvalue weighted by atomic mass is 10.1. The Balaban J connectivity index is 1.52. The normalized spacial score (nSPS) is 11.7. The average Bonchev–Trinajstić information content (AvgIpc) is 3.16. The third-order valence-electron chi connectivity index (χ3n) is 4.81. The molecular weight excluding hydrogens is 433 g/mol. The van der Waals surface area contributed by atoms with Crippen molar-refractivity contribution in [2.45, 2.75) is 26.4 Å². The zero-order valence-electron chi connectivity index (χ0n) is 17.9. The Morgan fingerprint density at radius 3 is 2.70 bits per heavy atom. The Kier molecular flexibility index (Phi) is 6.04. The third-order valence-corrected chi connectivity index (χ3v) is 4.81. The van der Waals surface area contributed by atoms with Crippen molar-refractivity contribution in [2.24, 2.45) is 5.92 Å². The van der Waals surface area contributed by atoms with Gasteiger partial charge in [-0.05, 0) is 48.4 Å². The van der Waals surface area contributed by atoms with Crippen molar-refractivity contribution in [3.63, 3.8) is 0 Å². The summed E-state index contributed by atoms with van der Waals surface area (Å²) in [5.74, 6) is 2.06. The number of anilines is 1. The molecule has 0 aliphatic carbocycles. The first-order chi connectivity index (χ1) is 15.7. The van der Waals surface area contributed by atoms with Crippen molar-refractivity contribution in [3.8, 4) is 11.6 Å². The van der Waals surface area contributed by atoms with Crippen LogP contribution in [0.15, 0.2) is 67.0 Å². The Bertz CT molecular complexity index is 1300. The van der Waals surface area contributed by atoms with Gasteiger partial charge >= 0.3 is 12.2 Å². The molecule has 0 fully saturated rings. The lowest BCUT2D eigenvalue weighted by Gasteiger charge is -2.11. The summed E-state index contributed by atoms with van der Waals surface area (Å²) in [6, 6.07) is 12.5. The SMILES string of the molecule is CC(C)Cc1nccc(Oc2ccc3c(ccn3C(=O)Nc3cccc(C(F)(F)F)c3)c2)n1. The Labute approximate surface area is 188 Å². The summed E-state index contributed by atoms with van der Waals surface area (Å²) in [5.41, 5.74) is -0.201. The van der Waals surface area contributed by atoms with Gasteiger partial charge < -0.3 is 10.1 Å². The van der Waals surface area contributed by atoms with Gasteiger partial charge in [0.1, 0.15) is 11.6 Å². The molecule has 4 rings (SSSR count). The van der Waals surface area contributed by atoms with E-state index in [-0.39, 0.29) is 5.69 Å². The highest BCUT2D eigenvalue weighted by Gasteiger charge is 2.30. The number of rotatable bonds is 5. The van der Waals surface area contributed by atoms with Gasteiger partial charge in [0.2, 0.25) is 5.88 Å². The van der Waals surface area contributed by atoms with E-state index >= 15 is 0 Å². The average molecular weight is 454 g/mol. The number of nitrogens with one attached hydrogen (secondary N) is 1. The first-order valence-corrected chi connectivity index (χ1v) is 10.3. The summed E-state index contributed by atoms with van der Waals surface area (Å²) in [7, 11) is 0. The summed E-state index contributed by atoms with van der Waals surface area (Å²) in [4.78, 5) is 21.3. The highest BCUT2D eigenvalue weighted by Crippen LogP contribution is 2.31. The topological polar surface area (TPSA) is 69.0 Å². The van der Waals surface area contributed by atoms with Gasteiger partial charge in [0.05, 0.1) is 11.1 Å². The molecule has 9 heteroatoms. The van der Waals surface area contributed by atoms with Gasteiger partial charge in [-0.15, -0.1) is 0 Å². The molecule has 4 aromatic rings. The highest BCUT2D eigenvalue weighted by atomic mass is 19.4. The summed E-state index contributed by atoms with van der Waals surface area (Å²) in [6.45, 7) is 4.16. The molecule has 170 valence electrons. The molecule has 1 N–H and O–H groups in total. The number of carbonyl (C=O) groups is 1. The van der Waals surface area contributed by atoms with Crippen LogP contribution in [0.25, 0.3) is 10.9 Å². The second kappa shape index (κ2) is 8.93. The van der Waals surface area contributed by atoms with Crippen LogP contribution >= 0.6 is 0 Å². The lowest BCUT2D eigenvalue weighted by molar-refractivity contribution is -0.137. The zero-order chi connectivity index (χ0) is 23.6. The number of alkyl halides is 3. The van der Waals surface area contributed by atoms with Crippen LogP contribution < -0.4 is 10.1 Å². The number of hydrogen-bond donors (Lipinski definition) is 1. The van der Waals surface area contributed by atoms with Crippen LogP contribution in [-0.2, 0) is 12.6 Å². The summed E-state index contributed by atoms with van der Waals surface area (Å²) >= 11 is 0. The molecule has 0 atom stereocenters. The quantitative estimate of drug-likeness (QED) is 0.373. The van der Waals surface area contributed by atoms with Crippen LogP contribution in [-0.4, -0.2) is 20.6 Å². The minimum atomic E-state index is -4.49. The van der Waals surface area contributed by atoms with E-state index < -0.39 is 17.8 Å². The van der Waals surface area contributed by atoms with Crippen molar-refractivity contribution in [1.29, 1.82) is 0 Å². The molecule has 2 heterocycles. The molecule has 0 spiro atoms. The molecule has 0 aliphatic rings. The van der Waals surface area contributed by atoms with E-state index in [9.17, 15) is 18.0 Å². The standard InChI is InChI=1S/C24H21F3N4O2/c1-15(2)12-21-28-10-8-22(30-21)33-19-6-7-20-16(13-19)9-11-31(20)23(32)29-18-5-3-4-17(14-18)24(25,26)27/h3-11,13-15H,12H2,1-2H3,(H,29,32). The van der Waals surface area contributed by atoms with Gasteiger partial charge in [-0.2, -0.15) is 18.2 Å². The molecule has 0 saturated heterocycles. The number of aromatic nitrogens is 3. The monoisotopic (exact) mass is 454 g/mol. The summed E-state index contributed by atoms with van der Waals surface area (Å²) in [5, 5.41) is 3.23. The molecule has 0 radical (unpaired) electrons. The van der Waals surface area contributed by atoms with E-state index in [4.69, 9.17) is 4.74 Å². The highest BCUT2D eigenvalue weighted by molar-refractivity contribution is 5.98. The molecule has 0 saturated carbocycles. The number of carbonyl (C=O) groups excluding carboxylic acids is 1. The fourth-order valence-electron chi connectivity index (χ4n) is 3.34. The second-order valence-corrected chi connectivity index (χ2v) is 7.93. The molecule has 33 heavy (non-hydrogen) atoms. The van der Waals surface area contributed by atoms with Crippen molar-refractivity contribution in [2.75, 3.05) is 5.32 Å². The number of ether oxygens (including phenoxy) is 1. The van der Waals surface area contributed by atoms with Crippen LogP contribution in [0.2, 0.25) is 0 Å². The maximum Gasteiger partial charge on any atom is 0.416 e. The van der Waals surface area contributed by atoms with E-state index in [0.717, 1.165) is 23.9 Å². The lowest BCUT2D eigenvalue weighted by Crippen LogP contribution is -2.18. The van der Waals surface area contributed by atoms with Crippen molar-refractivity contribution in [1.82, 2.24) is 14.5 Å². The minimum absolute atomic E-state index is 0.0533. The largest absolute Gasteiger partial charge is 0.439 e. The summed E-state index contributed by atoms with van der Waals surface area (Å²) in [6.07, 6.45) is -0.563. The van der Waals surface area contributed by atoms with Crippen LogP contribution in [0, 0.1) is 5.92 Å². The predicted molar refractivity (Wildman–Crippen MR) is 118 cm³/mol. The van der Waals surface area contributed by atoms with Crippen LogP contribution in [0.4, 0.5) is 23.7 Å². The number of hydrogen-bond acceptors (Lipinski definition) is 4. The molecule has 2 aromatic carbocycles. The fourth-order valence-corrected chi connectivity index (χ4v) is 3.34. The van der Waals surface area contributed by atoms with Crippen LogP contribution in [0.3, 0.4) is 0 Å². The fraction of sp³-hybridized carbons (Fsp3) is 0.208. The van der Waals surface area contributed by atoms with Gasteiger partial charge in [-0.3, -0.25) is 4.57 Å². The maximum absolute atomic E-state index is 12.9. The van der Waals surface area contributed by atoms with Gasteiger partial charge in [-0.1, -0.05) is 19.9 Å². The smallest absolute Gasteiger partial charge is 0.416 e. The number of benzene rings is 2. The van der Waals surface area contributed by atoms with E-state index in [1.165, 1.54) is 16.7 Å². The van der Waals surface area contributed by atoms with Crippen molar-refractivity contribution < 1.29 is 22.7 Å². The van der Waals surface area contributed by atoms with Gasteiger partial charge in [0.25, 0.3) is 0 Å². The third kappa shape index (κ3) is 5.31. The van der Waals surface area contributed by atoms with Gasteiger partial charge in [0, 0.05) is 36.0 Å².